The van der Waals surface area contributed by atoms with E-state index >= 15 is 0 Å². The van der Waals surface area contributed by atoms with Gasteiger partial charge in [-0.2, -0.15) is 0 Å². The molecule has 0 unspecified atom stereocenters. The number of aliphatic hydroxyl groups excluding tert-OH is 1. The number of halogens is 1. The number of carbonyl (C=O) groups excluding carboxylic acids is 2. The highest BCUT2D eigenvalue weighted by Crippen LogP contribution is 2.14. The average molecular weight is 839 g/mol. The second-order valence-corrected chi connectivity index (χ2v) is 17.2. The molecular formula is C44H90BrN2O5S+. The molecule has 0 saturated heterocycles. The van der Waals surface area contributed by atoms with E-state index in [-0.39, 0.29) is 25.1 Å². The summed E-state index contributed by atoms with van der Waals surface area (Å²) in [6.45, 7) is 15.9. The van der Waals surface area contributed by atoms with Gasteiger partial charge in [0, 0.05) is 18.7 Å². The lowest BCUT2D eigenvalue weighted by molar-refractivity contribution is -0.888. The Labute approximate surface area is 343 Å². The van der Waals surface area contributed by atoms with E-state index in [9.17, 15) is 9.59 Å². The van der Waals surface area contributed by atoms with Crippen molar-refractivity contribution < 1.29 is 27.7 Å². The second kappa shape index (κ2) is 45.8. The van der Waals surface area contributed by atoms with Crippen LogP contribution in [0.25, 0.3) is 0 Å². The molecule has 9 heteroatoms. The highest BCUT2D eigenvalue weighted by molar-refractivity contribution is 9.06. The van der Waals surface area contributed by atoms with Gasteiger partial charge in [0.25, 0.3) is 0 Å². The number of esters is 1. The third-order valence-electron chi connectivity index (χ3n) is 9.43. The highest BCUT2D eigenvalue weighted by atomic mass is 79.9. The molecule has 318 valence electrons. The Morgan fingerprint density at radius 2 is 1.09 bits per heavy atom. The summed E-state index contributed by atoms with van der Waals surface area (Å²) in [7, 11) is 5.72. The van der Waals surface area contributed by atoms with Crippen LogP contribution >= 0.6 is 28.0 Å². The highest BCUT2D eigenvalue weighted by Gasteiger charge is 2.16. The minimum atomic E-state index is -0.141. The fourth-order valence-corrected chi connectivity index (χ4v) is 7.07. The van der Waals surface area contributed by atoms with Crippen LogP contribution in [0.1, 0.15) is 188 Å². The molecule has 0 rings (SSSR count). The summed E-state index contributed by atoms with van der Waals surface area (Å²) in [5, 5.41) is 9.11. The van der Waals surface area contributed by atoms with Crippen molar-refractivity contribution in [3.63, 3.8) is 0 Å². The third kappa shape index (κ3) is 49.4. The molecule has 0 aliphatic carbocycles. The van der Waals surface area contributed by atoms with Crippen molar-refractivity contribution in [2.24, 2.45) is 0 Å². The molecule has 0 bridgehead atoms. The summed E-state index contributed by atoms with van der Waals surface area (Å²) in [6, 6.07) is 0. The first-order chi connectivity index (χ1) is 25.5. The number of unbranched alkanes of at least 4 members (excludes halogenated alkanes) is 20. The first-order valence-electron chi connectivity index (χ1n) is 21.8. The molecule has 0 heterocycles. The Kier molecular flexibility index (Phi) is 49.0. The molecule has 0 aromatic carbocycles. The van der Waals surface area contributed by atoms with Crippen LogP contribution in [0.2, 0.25) is 0 Å². The fourth-order valence-electron chi connectivity index (χ4n) is 5.94. The predicted molar refractivity (Wildman–Crippen MR) is 237 cm³/mol. The number of hydrogen-bond acceptors (Lipinski definition) is 6. The van der Waals surface area contributed by atoms with Crippen LogP contribution in [0.5, 0.6) is 0 Å². The molecule has 0 fully saturated rings. The summed E-state index contributed by atoms with van der Waals surface area (Å²) in [4.78, 5) is 26.4. The molecule has 0 aliphatic rings. The summed E-state index contributed by atoms with van der Waals surface area (Å²) in [6.07, 6.45) is 32.3. The maximum atomic E-state index is 12.6. The van der Waals surface area contributed by atoms with E-state index in [1.807, 2.05) is 4.90 Å². The summed E-state index contributed by atoms with van der Waals surface area (Å²) in [5.41, 5.74) is 1.34. The summed E-state index contributed by atoms with van der Waals surface area (Å²) in [5.74, 6) is 1.30. The molecule has 0 radical (unpaired) electrons. The Balaban J connectivity index is -0.00000109. The van der Waals surface area contributed by atoms with Crippen LogP contribution in [-0.2, 0) is 18.2 Å². The van der Waals surface area contributed by atoms with E-state index < -0.39 is 0 Å². The number of likely N-dealkylation sites (N-methyl/N-ethyl adjacent to an activating group) is 1. The quantitative estimate of drug-likeness (QED) is 0.0293. The number of quaternary nitrogens is 1. The zero-order valence-corrected chi connectivity index (χ0v) is 38.7. The lowest BCUT2D eigenvalue weighted by atomic mass is 10.0. The number of ether oxygens (including phenoxy) is 1. The number of aliphatic hydroxyl groups is 1. The number of nitrogens with zero attached hydrogens (tertiary/aromatic N) is 2. The fraction of sp³-hybridized carbons (Fsp3) is 0.909. The lowest BCUT2D eigenvalue weighted by Crippen LogP contribution is -2.43. The molecule has 0 aromatic rings. The third-order valence-corrected chi connectivity index (χ3v) is 10.4. The van der Waals surface area contributed by atoms with Crippen molar-refractivity contribution in [3.8, 4) is 0 Å². The standard InChI is InChI=1S/C27H55N2O4S.C16H32.CH3BrO/c1-5-7-8-9-10-11-12-13-14-15-16-17-27(32)33-23-19-28(18-6-2)26(31)25-34-24-21-29(3,4)20-22-30;1-4-5-6-7-8-9-10-11-12-13-14-15-16(2)3;1-3-2/h30H,5-25H2,1-4H3;2,4-15H2,1,3H3;1H3/q+1;;. The number of hydrogen-bond donors (Lipinski definition) is 1. The van der Waals surface area contributed by atoms with Crippen LogP contribution < -0.4 is 0 Å². The lowest BCUT2D eigenvalue weighted by Gasteiger charge is -2.28. The van der Waals surface area contributed by atoms with Crippen molar-refractivity contribution >= 4 is 39.9 Å². The Hall–Kier alpha value is -0.610. The maximum Gasteiger partial charge on any atom is 0.305 e. The van der Waals surface area contributed by atoms with Gasteiger partial charge in [-0.05, 0) is 32.6 Å². The molecule has 0 aromatic heterocycles. The first kappa shape index (κ1) is 56.7. The van der Waals surface area contributed by atoms with Crippen LogP contribution in [-0.4, -0.2) is 98.5 Å². The average Bonchev–Trinajstić information content (AvgIpc) is 3.11. The van der Waals surface area contributed by atoms with Gasteiger partial charge in [0.15, 0.2) is 0 Å². The SMILES string of the molecule is C=C(C)CCCCCCCCCCCCC.CCCCCCCCCCCCCC(=O)OCCN(CCC)C(=O)CSCC[N+](C)(C)CCO.COBr. The number of rotatable bonds is 36. The van der Waals surface area contributed by atoms with Gasteiger partial charge in [-0.1, -0.05) is 155 Å². The van der Waals surface area contributed by atoms with Crippen molar-refractivity contribution in [3.05, 3.63) is 12.2 Å². The Bertz CT molecular complexity index is 787. The monoisotopic (exact) mass is 838 g/mol. The molecule has 1 amide bonds. The van der Waals surface area contributed by atoms with Crippen LogP contribution in [0, 0.1) is 0 Å². The Morgan fingerprint density at radius 3 is 1.49 bits per heavy atom. The smallest absolute Gasteiger partial charge is 0.305 e. The van der Waals surface area contributed by atoms with Gasteiger partial charge in [-0.15, -0.1) is 18.3 Å². The van der Waals surface area contributed by atoms with E-state index in [1.54, 1.807) is 18.9 Å². The van der Waals surface area contributed by atoms with Crippen LogP contribution in [0.4, 0.5) is 0 Å². The summed E-state index contributed by atoms with van der Waals surface area (Å²) < 4.78 is 10.2. The number of thioether (sulfide) groups is 1. The molecule has 0 atom stereocenters. The maximum absolute atomic E-state index is 12.6. The van der Waals surface area contributed by atoms with Gasteiger partial charge in [-0.25, -0.2) is 0 Å². The number of amides is 1. The minimum absolute atomic E-state index is 0.112. The van der Waals surface area contributed by atoms with E-state index in [4.69, 9.17) is 9.84 Å². The normalized spacial score (nSPS) is 11.0. The largest absolute Gasteiger partial charge is 0.464 e. The zero-order valence-electron chi connectivity index (χ0n) is 36.3. The molecule has 7 nitrogen and oxygen atoms in total. The number of carbonyl (C=O) groups is 2. The molecule has 0 aliphatic heterocycles. The van der Waals surface area contributed by atoms with Crippen LogP contribution in [0.3, 0.4) is 0 Å². The van der Waals surface area contributed by atoms with E-state index in [2.05, 4.69) is 68.5 Å². The van der Waals surface area contributed by atoms with Gasteiger partial charge in [-0.3, -0.25) is 9.59 Å². The predicted octanol–water partition coefficient (Wildman–Crippen LogP) is 12.5. The van der Waals surface area contributed by atoms with E-state index in [0.29, 0.717) is 25.3 Å². The van der Waals surface area contributed by atoms with Crippen molar-refractivity contribution in [2.75, 3.05) is 72.1 Å². The first-order valence-corrected chi connectivity index (χ1v) is 23.6. The summed E-state index contributed by atoms with van der Waals surface area (Å²) >= 11 is 4.28. The van der Waals surface area contributed by atoms with Crippen molar-refractivity contribution in [1.82, 2.24) is 4.90 Å². The molecular weight excluding hydrogens is 748 g/mol. The molecule has 53 heavy (non-hydrogen) atoms. The van der Waals surface area contributed by atoms with Gasteiger partial charge in [0.05, 0.1) is 62.9 Å². The van der Waals surface area contributed by atoms with Gasteiger partial charge >= 0.3 is 5.97 Å². The molecule has 0 spiro atoms. The number of allylic oxidation sites excluding steroid dienone is 1. The van der Waals surface area contributed by atoms with Gasteiger partial charge in [0.1, 0.15) is 13.2 Å². The zero-order chi connectivity index (χ0) is 40.3. The van der Waals surface area contributed by atoms with Crippen molar-refractivity contribution in [2.45, 2.75) is 188 Å². The second-order valence-electron chi connectivity index (χ2n) is 15.4. The van der Waals surface area contributed by atoms with Crippen molar-refractivity contribution in [1.29, 1.82) is 0 Å². The molecule has 0 saturated carbocycles. The Morgan fingerprint density at radius 1 is 0.679 bits per heavy atom. The van der Waals surface area contributed by atoms with Gasteiger partial charge in [0.2, 0.25) is 5.91 Å². The van der Waals surface area contributed by atoms with Gasteiger partial charge < -0.3 is 23.1 Å². The minimum Gasteiger partial charge on any atom is -0.464 e. The topological polar surface area (TPSA) is 76.1 Å². The van der Waals surface area contributed by atoms with Crippen LogP contribution in [0.15, 0.2) is 12.2 Å². The van der Waals surface area contributed by atoms with E-state index in [0.717, 1.165) is 42.6 Å². The molecule has 1 N–H and O–H groups in total. The van der Waals surface area contributed by atoms with E-state index in [1.165, 1.54) is 140 Å².